The number of amides is 2. The molecule has 0 radical (unpaired) electrons. The van der Waals surface area contributed by atoms with Crippen molar-refractivity contribution in [2.24, 2.45) is 11.0 Å². The van der Waals surface area contributed by atoms with Gasteiger partial charge in [-0.1, -0.05) is 18.2 Å². The maximum atomic E-state index is 12.4. The van der Waals surface area contributed by atoms with E-state index < -0.39 is 5.92 Å². The Morgan fingerprint density at radius 3 is 2.82 bits per heavy atom. The van der Waals surface area contributed by atoms with Crippen LogP contribution in [0.25, 0.3) is 10.9 Å². The van der Waals surface area contributed by atoms with Gasteiger partial charge in [-0.3, -0.25) is 9.59 Å². The number of fused-ring (bicyclic) bond motifs is 1. The highest BCUT2D eigenvalue weighted by atomic mass is 16.5. The molecule has 0 unspecified atom stereocenters. The normalized spacial score (nSPS) is 16.8. The summed E-state index contributed by atoms with van der Waals surface area (Å²) in [6.45, 7) is 0.333. The molecule has 7 nitrogen and oxygen atoms in total. The molecule has 2 N–H and O–H groups in total. The molecule has 1 aromatic heterocycles. The van der Waals surface area contributed by atoms with Gasteiger partial charge < -0.3 is 14.6 Å². The van der Waals surface area contributed by atoms with Crippen molar-refractivity contribution in [3.63, 3.8) is 0 Å². The minimum Gasteiger partial charge on any atom is -0.497 e. The predicted octanol–water partition coefficient (Wildman–Crippen LogP) is 2.68. The van der Waals surface area contributed by atoms with Gasteiger partial charge in [0, 0.05) is 41.3 Å². The number of hydrogen-bond donors (Lipinski definition) is 2. The van der Waals surface area contributed by atoms with Crippen LogP contribution in [0.15, 0.2) is 59.8 Å². The maximum absolute atomic E-state index is 12.4. The topological polar surface area (TPSA) is 86.8 Å². The van der Waals surface area contributed by atoms with Crippen molar-refractivity contribution in [3.05, 3.63) is 60.3 Å². The maximum Gasteiger partial charge on any atom is 0.245 e. The molecule has 0 spiro atoms. The standard InChI is InChI=1S/C21H20N4O3/c1-28-17-8-6-16(7-9-17)25-13-14(10-20(25)26)21(27)24-23-12-15-11-22-19-5-3-2-4-18(15)19/h2-9,11-12,14,22H,10,13H2,1H3,(H,24,27)/b23-12+/t14-/m1/s1. The molecule has 28 heavy (non-hydrogen) atoms. The number of hydrogen-bond acceptors (Lipinski definition) is 4. The number of rotatable bonds is 5. The number of ether oxygens (including phenoxy) is 1. The number of hydrazone groups is 1. The predicted molar refractivity (Wildman–Crippen MR) is 107 cm³/mol. The monoisotopic (exact) mass is 376 g/mol. The number of nitrogens with one attached hydrogen (secondary N) is 2. The third-order valence-corrected chi connectivity index (χ3v) is 4.88. The summed E-state index contributed by atoms with van der Waals surface area (Å²) in [5.74, 6) is -0.0580. The minimum absolute atomic E-state index is 0.0778. The van der Waals surface area contributed by atoms with Gasteiger partial charge in [0.15, 0.2) is 0 Å². The van der Waals surface area contributed by atoms with E-state index in [2.05, 4.69) is 15.5 Å². The average molecular weight is 376 g/mol. The second-order valence-electron chi connectivity index (χ2n) is 6.63. The van der Waals surface area contributed by atoms with E-state index >= 15 is 0 Å². The van der Waals surface area contributed by atoms with E-state index in [1.807, 2.05) is 42.6 Å². The molecule has 1 aliphatic rings. The smallest absolute Gasteiger partial charge is 0.245 e. The first kappa shape index (κ1) is 17.8. The summed E-state index contributed by atoms with van der Waals surface area (Å²) in [7, 11) is 1.59. The van der Waals surface area contributed by atoms with Crippen LogP contribution in [0.5, 0.6) is 5.75 Å². The molecular weight excluding hydrogens is 356 g/mol. The summed E-state index contributed by atoms with van der Waals surface area (Å²) in [4.78, 5) is 29.5. The molecule has 0 aliphatic carbocycles. The molecule has 0 bridgehead atoms. The van der Waals surface area contributed by atoms with Crippen LogP contribution >= 0.6 is 0 Å². The van der Waals surface area contributed by atoms with Crippen LogP contribution in [0.2, 0.25) is 0 Å². The second-order valence-corrected chi connectivity index (χ2v) is 6.63. The van der Waals surface area contributed by atoms with Gasteiger partial charge in [0.2, 0.25) is 11.8 Å². The van der Waals surface area contributed by atoms with Crippen molar-refractivity contribution in [3.8, 4) is 5.75 Å². The lowest BCUT2D eigenvalue weighted by atomic mass is 10.1. The van der Waals surface area contributed by atoms with Crippen molar-refractivity contribution < 1.29 is 14.3 Å². The van der Waals surface area contributed by atoms with E-state index in [0.29, 0.717) is 6.54 Å². The van der Waals surface area contributed by atoms with Gasteiger partial charge in [-0.15, -0.1) is 0 Å². The molecule has 0 saturated carbocycles. The molecule has 1 fully saturated rings. The number of aromatic nitrogens is 1. The van der Waals surface area contributed by atoms with Crippen molar-refractivity contribution in [2.75, 3.05) is 18.6 Å². The molecule has 2 heterocycles. The van der Waals surface area contributed by atoms with Gasteiger partial charge in [0.05, 0.1) is 19.2 Å². The zero-order valence-electron chi connectivity index (χ0n) is 15.4. The van der Waals surface area contributed by atoms with Crippen molar-refractivity contribution in [2.45, 2.75) is 6.42 Å². The number of benzene rings is 2. The Kier molecular flexibility index (Phi) is 4.80. The zero-order valence-corrected chi connectivity index (χ0v) is 15.4. The summed E-state index contributed by atoms with van der Waals surface area (Å²) < 4.78 is 5.13. The minimum atomic E-state index is -0.435. The van der Waals surface area contributed by atoms with Gasteiger partial charge in [0.1, 0.15) is 5.75 Å². The number of anilines is 1. The molecule has 1 saturated heterocycles. The molecule has 2 amide bonds. The highest BCUT2D eigenvalue weighted by Gasteiger charge is 2.35. The first-order valence-electron chi connectivity index (χ1n) is 8.99. The van der Waals surface area contributed by atoms with Gasteiger partial charge >= 0.3 is 0 Å². The first-order valence-corrected chi connectivity index (χ1v) is 8.99. The first-order chi connectivity index (χ1) is 13.7. The number of aromatic amines is 1. The zero-order chi connectivity index (χ0) is 19.5. The summed E-state index contributed by atoms with van der Waals surface area (Å²) in [5.41, 5.74) is 5.20. The van der Waals surface area contributed by atoms with Crippen LogP contribution in [-0.2, 0) is 9.59 Å². The van der Waals surface area contributed by atoms with Gasteiger partial charge in [-0.05, 0) is 30.3 Å². The van der Waals surface area contributed by atoms with E-state index in [-0.39, 0.29) is 18.2 Å². The summed E-state index contributed by atoms with van der Waals surface area (Å²) in [6.07, 6.45) is 3.61. The van der Waals surface area contributed by atoms with Crippen LogP contribution in [0.1, 0.15) is 12.0 Å². The molecule has 3 aromatic rings. The SMILES string of the molecule is COc1ccc(N2C[C@H](C(=O)N/N=C/c3c[nH]c4ccccc34)CC2=O)cc1. The Balaban J connectivity index is 1.39. The number of para-hydroxylation sites is 1. The number of methoxy groups -OCH3 is 1. The van der Waals surface area contributed by atoms with Crippen LogP contribution in [0, 0.1) is 5.92 Å². The fraction of sp³-hybridized carbons (Fsp3) is 0.190. The van der Waals surface area contributed by atoms with E-state index in [0.717, 1.165) is 27.9 Å². The lowest BCUT2D eigenvalue weighted by Crippen LogP contribution is -2.30. The summed E-state index contributed by atoms with van der Waals surface area (Å²) >= 11 is 0. The Bertz CT molecular complexity index is 1040. The van der Waals surface area contributed by atoms with Crippen LogP contribution < -0.4 is 15.1 Å². The third kappa shape index (κ3) is 3.46. The molecule has 4 rings (SSSR count). The second kappa shape index (κ2) is 7.56. The molecular formula is C21H20N4O3. The summed E-state index contributed by atoms with van der Waals surface area (Å²) in [5, 5.41) is 5.09. The van der Waals surface area contributed by atoms with E-state index in [1.165, 1.54) is 0 Å². The summed E-state index contributed by atoms with van der Waals surface area (Å²) in [6, 6.07) is 15.1. The molecule has 7 heteroatoms. The van der Waals surface area contributed by atoms with E-state index in [4.69, 9.17) is 4.74 Å². The average Bonchev–Trinajstić information content (AvgIpc) is 3.32. The van der Waals surface area contributed by atoms with Crippen LogP contribution in [-0.4, -0.2) is 36.7 Å². The van der Waals surface area contributed by atoms with Gasteiger partial charge in [-0.2, -0.15) is 5.10 Å². The van der Waals surface area contributed by atoms with Gasteiger partial charge in [0.25, 0.3) is 0 Å². The van der Waals surface area contributed by atoms with E-state index in [9.17, 15) is 9.59 Å². The Morgan fingerprint density at radius 1 is 1.25 bits per heavy atom. The molecule has 1 atom stereocenters. The highest BCUT2D eigenvalue weighted by Crippen LogP contribution is 2.27. The Morgan fingerprint density at radius 2 is 2.04 bits per heavy atom. The lowest BCUT2D eigenvalue weighted by molar-refractivity contribution is -0.126. The van der Waals surface area contributed by atoms with Crippen molar-refractivity contribution in [1.82, 2.24) is 10.4 Å². The van der Waals surface area contributed by atoms with Crippen molar-refractivity contribution in [1.29, 1.82) is 0 Å². The largest absolute Gasteiger partial charge is 0.497 e. The highest BCUT2D eigenvalue weighted by molar-refractivity contribution is 6.01. The fourth-order valence-electron chi connectivity index (χ4n) is 3.35. The van der Waals surface area contributed by atoms with Crippen LogP contribution in [0.3, 0.4) is 0 Å². The number of H-pyrrole nitrogens is 1. The van der Waals surface area contributed by atoms with E-state index in [1.54, 1.807) is 30.4 Å². The lowest BCUT2D eigenvalue weighted by Gasteiger charge is -2.16. The quantitative estimate of drug-likeness (QED) is 0.530. The third-order valence-electron chi connectivity index (χ3n) is 4.88. The molecule has 2 aromatic carbocycles. The van der Waals surface area contributed by atoms with Crippen LogP contribution in [0.4, 0.5) is 5.69 Å². The van der Waals surface area contributed by atoms with Gasteiger partial charge in [-0.25, -0.2) is 5.43 Å². The number of carbonyl (C=O) groups is 2. The van der Waals surface area contributed by atoms with Crippen molar-refractivity contribution >= 4 is 34.6 Å². The Labute approximate surface area is 162 Å². The number of carbonyl (C=O) groups excluding carboxylic acids is 2. The fourth-order valence-corrected chi connectivity index (χ4v) is 3.35. The Hall–Kier alpha value is -3.61. The molecule has 1 aliphatic heterocycles. The molecule has 142 valence electrons. The number of nitrogens with zero attached hydrogens (tertiary/aromatic N) is 2.